The Morgan fingerprint density at radius 3 is 2.62 bits per heavy atom. The highest BCUT2D eigenvalue weighted by Gasteiger charge is 2.34. The van der Waals surface area contributed by atoms with Gasteiger partial charge in [-0.2, -0.15) is 0 Å². The molecule has 0 aliphatic carbocycles. The number of piperidine rings is 1. The van der Waals surface area contributed by atoms with Gasteiger partial charge in [-0.3, -0.25) is 4.79 Å². The summed E-state index contributed by atoms with van der Waals surface area (Å²) in [5.41, 5.74) is 0.998. The Hall–Kier alpha value is -4.29. The number of imidazole rings is 1. The highest BCUT2D eigenvalue weighted by atomic mass is 19.4. The number of aryl methyl sites for hydroxylation is 2. The molecule has 5 rings (SSSR count). The smallest absolute Gasteiger partial charge is 0.444 e. The van der Waals surface area contributed by atoms with Crippen LogP contribution in [0, 0.1) is 0 Å². The van der Waals surface area contributed by atoms with Crippen LogP contribution in [0.2, 0.25) is 0 Å². The van der Waals surface area contributed by atoms with Gasteiger partial charge in [-0.15, -0.1) is 13.2 Å². The number of ether oxygens (including phenoxy) is 2. The Morgan fingerprint density at radius 1 is 1.17 bits per heavy atom. The number of pyridine rings is 1. The molecule has 2 amide bonds. The van der Waals surface area contributed by atoms with Gasteiger partial charge in [0.1, 0.15) is 16.8 Å². The Balaban J connectivity index is 1.52. The summed E-state index contributed by atoms with van der Waals surface area (Å²) in [5.74, 6) is -0.609. The van der Waals surface area contributed by atoms with Crippen molar-refractivity contribution in [1.82, 2.24) is 29.3 Å². The first-order valence-corrected chi connectivity index (χ1v) is 13.7. The SMILES string of the molecule is CCn1c(-c2nc3cc(C(=O)N4CCC[C@@H](NC(=O)OC(C)(C)C)C4)cc(OC(F)(F)F)c3n2C)cc2cccnc21. The summed E-state index contributed by atoms with van der Waals surface area (Å²) in [5, 5.41) is 3.65. The third-order valence-corrected chi connectivity index (χ3v) is 7.04. The van der Waals surface area contributed by atoms with Crippen LogP contribution in [-0.4, -0.2) is 67.1 Å². The average Bonchev–Trinajstić information content (AvgIpc) is 3.43. The molecule has 224 valence electrons. The molecule has 4 heterocycles. The van der Waals surface area contributed by atoms with E-state index >= 15 is 0 Å². The lowest BCUT2D eigenvalue weighted by molar-refractivity contribution is -0.274. The number of likely N-dealkylation sites (tertiary alicyclic amines) is 1. The zero-order valence-electron chi connectivity index (χ0n) is 24.1. The number of hydrogen-bond acceptors (Lipinski definition) is 6. The van der Waals surface area contributed by atoms with Crippen molar-refractivity contribution in [2.45, 2.75) is 65.1 Å². The van der Waals surface area contributed by atoms with Crippen molar-refractivity contribution in [3.8, 4) is 17.3 Å². The largest absolute Gasteiger partial charge is 0.573 e. The van der Waals surface area contributed by atoms with Crippen molar-refractivity contribution >= 4 is 34.1 Å². The molecule has 13 heteroatoms. The summed E-state index contributed by atoms with van der Waals surface area (Å²) in [6.45, 7) is 8.32. The second-order valence-corrected chi connectivity index (χ2v) is 11.3. The van der Waals surface area contributed by atoms with E-state index < -0.39 is 29.7 Å². The quantitative estimate of drug-likeness (QED) is 0.325. The first kappa shape index (κ1) is 29.2. The van der Waals surface area contributed by atoms with E-state index in [0.29, 0.717) is 37.4 Å². The highest BCUT2D eigenvalue weighted by molar-refractivity contribution is 6.00. The maximum Gasteiger partial charge on any atom is 0.573 e. The van der Waals surface area contributed by atoms with E-state index in [1.54, 1.807) is 34.0 Å². The zero-order chi connectivity index (χ0) is 30.4. The van der Waals surface area contributed by atoms with E-state index in [2.05, 4.69) is 20.0 Å². The predicted molar refractivity (Wildman–Crippen MR) is 150 cm³/mol. The second kappa shape index (κ2) is 10.8. The second-order valence-electron chi connectivity index (χ2n) is 11.3. The van der Waals surface area contributed by atoms with Gasteiger partial charge in [-0.1, -0.05) is 0 Å². The number of carbonyl (C=O) groups is 2. The molecule has 0 unspecified atom stereocenters. The molecule has 42 heavy (non-hydrogen) atoms. The number of nitrogens with zero attached hydrogens (tertiary/aromatic N) is 5. The van der Waals surface area contributed by atoms with Crippen molar-refractivity contribution < 1.29 is 32.2 Å². The fraction of sp³-hybridized carbons (Fsp3) is 0.448. The van der Waals surface area contributed by atoms with Gasteiger partial charge >= 0.3 is 12.5 Å². The number of carbonyl (C=O) groups excluding carboxylic acids is 2. The fourth-order valence-electron chi connectivity index (χ4n) is 5.39. The molecule has 1 aliphatic rings. The number of amides is 2. The number of nitrogens with one attached hydrogen (secondary N) is 1. The average molecular weight is 587 g/mol. The fourth-order valence-corrected chi connectivity index (χ4v) is 5.39. The Kier molecular flexibility index (Phi) is 7.54. The molecule has 0 bridgehead atoms. The van der Waals surface area contributed by atoms with Gasteiger partial charge in [0.05, 0.1) is 11.2 Å². The number of benzene rings is 1. The minimum atomic E-state index is -4.99. The van der Waals surface area contributed by atoms with Crippen molar-refractivity contribution in [2.75, 3.05) is 13.1 Å². The molecule has 1 fully saturated rings. The van der Waals surface area contributed by atoms with Crippen LogP contribution in [0.5, 0.6) is 5.75 Å². The monoisotopic (exact) mass is 586 g/mol. The summed E-state index contributed by atoms with van der Waals surface area (Å²) in [7, 11) is 1.61. The van der Waals surface area contributed by atoms with Gasteiger partial charge in [0, 0.05) is 49.9 Å². The van der Waals surface area contributed by atoms with Gasteiger partial charge in [-0.05, 0) is 70.9 Å². The molecule has 1 saturated heterocycles. The number of fused-ring (bicyclic) bond motifs is 2. The first-order chi connectivity index (χ1) is 19.7. The van der Waals surface area contributed by atoms with Crippen molar-refractivity contribution in [1.29, 1.82) is 0 Å². The van der Waals surface area contributed by atoms with E-state index in [1.165, 1.54) is 15.5 Å². The Morgan fingerprint density at radius 2 is 1.93 bits per heavy atom. The van der Waals surface area contributed by atoms with Gasteiger partial charge in [0.25, 0.3) is 5.91 Å². The molecular weight excluding hydrogens is 553 g/mol. The van der Waals surface area contributed by atoms with Crippen LogP contribution in [0.15, 0.2) is 36.5 Å². The minimum Gasteiger partial charge on any atom is -0.444 e. The molecule has 3 aromatic heterocycles. The van der Waals surface area contributed by atoms with Gasteiger partial charge < -0.3 is 28.8 Å². The van der Waals surface area contributed by atoms with Gasteiger partial charge in [0.15, 0.2) is 11.6 Å². The van der Waals surface area contributed by atoms with E-state index in [-0.39, 0.29) is 29.2 Å². The lowest BCUT2D eigenvalue weighted by atomic mass is 10.0. The summed E-state index contributed by atoms with van der Waals surface area (Å²) >= 11 is 0. The number of alkyl carbamates (subject to hydrolysis) is 1. The molecule has 4 aromatic rings. The molecule has 0 radical (unpaired) electrons. The molecule has 1 atom stereocenters. The van der Waals surface area contributed by atoms with Crippen LogP contribution < -0.4 is 10.1 Å². The summed E-state index contributed by atoms with van der Waals surface area (Å²) in [6.07, 6.45) is -2.67. The van der Waals surface area contributed by atoms with Crippen LogP contribution in [0.4, 0.5) is 18.0 Å². The van der Waals surface area contributed by atoms with Crippen LogP contribution in [0.25, 0.3) is 33.6 Å². The van der Waals surface area contributed by atoms with Crippen LogP contribution in [0.1, 0.15) is 50.9 Å². The first-order valence-electron chi connectivity index (χ1n) is 13.7. The molecule has 1 aromatic carbocycles. The van der Waals surface area contributed by atoms with Crippen molar-refractivity contribution in [3.63, 3.8) is 0 Å². The Bertz CT molecular complexity index is 1650. The number of halogens is 3. The lowest BCUT2D eigenvalue weighted by Crippen LogP contribution is -2.50. The van der Waals surface area contributed by atoms with E-state index in [4.69, 9.17) is 4.74 Å². The van der Waals surface area contributed by atoms with Crippen LogP contribution >= 0.6 is 0 Å². The number of alkyl halides is 3. The maximum atomic E-state index is 13.6. The van der Waals surface area contributed by atoms with E-state index in [1.807, 2.05) is 29.7 Å². The van der Waals surface area contributed by atoms with Gasteiger partial charge in [0.2, 0.25) is 0 Å². The molecule has 0 spiro atoms. The van der Waals surface area contributed by atoms with Gasteiger partial charge in [-0.25, -0.2) is 14.8 Å². The minimum absolute atomic E-state index is 0.00187. The molecule has 10 nitrogen and oxygen atoms in total. The van der Waals surface area contributed by atoms with Crippen molar-refractivity contribution in [2.24, 2.45) is 7.05 Å². The number of rotatable bonds is 5. The number of aromatic nitrogens is 4. The summed E-state index contributed by atoms with van der Waals surface area (Å²) in [6, 6.07) is 7.81. The molecule has 0 saturated carbocycles. The zero-order valence-corrected chi connectivity index (χ0v) is 24.1. The Labute approximate surface area is 240 Å². The molecular formula is C29H33F3N6O4. The number of hydrogen-bond donors (Lipinski definition) is 1. The summed E-state index contributed by atoms with van der Waals surface area (Å²) in [4.78, 5) is 36.5. The van der Waals surface area contributed by atoms with Crippen LogP contribution in [0.3, 0.4) is 0 Å². The van der Waals surface area contributed by atoms with E-state index in [9.17, 15) is 22.8 Å². The third kappa shape index (κ3) is 6.00. The topological polar surface area (TPSA) is 104 Å². The normalized spacial score (nSPS) is 16.2. The maximum absolute atomic E-state index is 13.6. The summed E-state index contributed by atoms with van der Waals surface area (Å²) < 4.78 is 53.9. The van der Waals surface area contributed by atoms with Crippen LogP contribution in [-0.2, 0) is 18.3 Å². The lowest BCUT2D eigenvalue weighted by Gasteiger charge is -2.33. The highest BCUT2D eigenvalue weighted by Crippen LogP contribution is 2.36. The standard InChI is InChI=1S/C29H33F3N6O4/c1-6-38-21(14-17-9-7-11-33-24(17)38)25-35-20-13-18(15-22(23(20)36(25)5)41-29(30,31)32)26(39)37-12-8-10-19(16-37)34-27(40)42-28(2,3)4/h7,9,11,13-15,19H,6,8,10,12,16H2,1-5H3,(H,34,40)/t19-/m1/s1. The third-order valence-electron chi connectivity index (χ3n) is 7.04. The van der Waals surface area contributed by atoms with E-state index in [0.717, 1.165) is 17.1 Å². The molecule has 1 aliphatic heterocycles. The van der Waals surface area contributed by atoms with Crippen molar-refractivity contribution in [3.05, 3.63) is 42.1 Å². The predicted octanol–water partition coefficient (Wildman–Crippen LogP) is 5.64. The molecule has 1 N–H and O–H groups in total.